The van der Waals surface area contributed by atoms with Crippen molar-refractivity contribution in [3.05, 3.63) is 102 Å². The molecule has 2 heterocycles. The van der Waals surface area contributed by atoms with Crippen LogP contribution in [0.15, 0.2) is 91.3 Å². The number of hydrogen-bond donors (Lipinski definition) is 0. The van der Waals surface area contributed by atoms with Gasteiger partial charge in [0.2, 0.25) is 0 Å². The third-order valence-electron chi connectivity index (χ3n) is 6.62. The Labute approximate surface area is 214 Å². The zero-order valence-electron chi connectivity index (χ0n) is 22.0. The molecule has 3 aromatic carbocycles. The lowest BCUT2D eigenvalue weighted by atomic mass is 9.75. The Morgan fingerprint density at radius 3 is 1.44 bits per heavy atom. The van der Waals surface area contributed by atoms with Gasteiger partial charge in [0.25, 0.3) is 0 Å². The molecule has 5 aromatic rings. The predicted molar refractivity (Wildman–Crippen MR) is 151 cm³/mol. The lowest BCUT2D eigenvalue weighted by Gasteiger charge is -2.30. The van der Waals surface area contributed by atoms with Crippen LogP contribution < -0.4 is 0 Å². The minimum atomic E-state index is 0.00210. The van der Waals surface area contributed by atoms with Crippen molar-refractivity contribution in [3.8, 4) is 33.6 Å². The highest BCUT2D eigenvalue weighted by atomic mass is 14.8. The van der Waals surface area contributed by atoms with E-state index in [9.17, 15) is 0 Å². The Bertz CT molecular complexity index is 1510. The lowest BCUT2D eigenvalue weighted by Crippen LogP contribution is -2.22. The molecule has 0 unspecified atom stereocenters. The maximum Gasteiger partial charge on any atom is 0.0973 e. The number of nitrogens with zero attached hydrogens (tertiary/aromatic N) is 3. The summed E-state index contributed by atoms with van der Waals surface area (Å²) in [5.41, 5.74) is 10.7. The van der Waals surface area contributed by atoms with Gasteiger partial charge in [0.05, 0.1) is 22.4 Å². The topological polar surface area (TPSA) is 38.7 Å². The van der Waals surface area contributed by atoms with E-state index in [1.165, 1.54) is 11.1 Å². The fraction of sp³-hybridized carbons (Fsp3) is 0.242. The third kappa shape index (κ3) is 4.66. The number of rotatable bonds is 3. The van der Waals surface area contributed by atoms with Gasteiger partial charge in [-0.25, -0.2) is 9.97 Å². The Balaban J connectivity index is 1.74. The van der Waals surface area contributed by atoms with Gasteiger partial charge < -0.3 is 0 Å². The van der Waals surface area contributed by atoms with Crippen molar-refractivity contribution >= 4 is 11.0 Å². The number of aromatic nitrogens is 3. The molecule has 0 saturated heterocycles. The molecule has 36 heavy (non-hydrogen) atoms. The molecule has 0 atom stereocenters. The quantitative estimate of drug-likeness (QED) is 0.264. The molecule has 0 spiro atoms. The Kier molecular flexibility index (Phi) is 5.96. The van der Waals surface area contributed by atoms with E-state index in [4.69, 9.17) is 9.97 Å². The van der Waals surface area contributed by atoms with E-state index in [0.29, 0.717) is 0 Å². The van der Waals surface area contributed by atoms with Crippen LogP contribution in [0, 0.1) is 0 Å². The summed E-state index contributed by atoms with van der Waals surface area (Å²) in [5.74, 6) is 0. The Hall–Kier alpha value is -3.85. The van der Waals surface area contributed by atoms with E-state index in [2.05, 4.69) is 113 Å². The number of fused-ring (bicyclic) bond motifs is 1. The largest absolute Gasteiger partial charge is 0.264 e. The summed E-state index contributed by atoms with van der Waals surface area (Å²) in [5, 5.41) is 0. The van der Waals surface area contributed by atoms with Crippen LogP contribution in [-0.2, 0) is 10.8 Å². The Morgan fingerprint density at radius 1 is 0.500 bits per heavy atom. The number of benzene rings is 3. The van der Waals surface area contributed by atoms with Crippen LogP contribution in [0.2, 0.25) is 0 Å². The minimum Gasteiger partial charge on any atom is -0.264 e. The minimum absolute atomic E-state index is 0.00210. The van der Waals surface area contributed by atoms with Gasteiger partial charge in [0.15, 0.2) is 0 Å². The predicted octanol–water partition coefficient (Wildman–Crippen LogP) is 8.62. The van der Waals surface area contributed by atoms with Gasteiger partial charge in [-0.3, -0.25) is 4.98 Å². The van der Waals surface area contributed by atoms with Crippen LogP contribution in [0.3, 0.4) is 0 Å². The van der Waals surface area contributed by atoms with E-state index in [1.807, 2.05) is 18.3 Å². The molecule has 0 bridgehead atoms. The monoisotopic (exact) mass is 471 g/mol. The van der Waals surface area contributed by atoms with E-state index >= 15 is 0 Å². The summed E-state index contributed by atoms with van der Waals surface area (Å²) in [6.07, 6.45) is 3.69. The van der Waals surface area contributed by atoms with Gasteiger partial charge in [-0.05, 0) is 51.3 Å². The van der Waals surface area contributed by atoms with Gasteiger partial charge >= 0.3 is 0 Å². The zero-order valence-corrected chi connectivity index (χ0v) is 22.0. The van der Waals surface area contributed by atoms with Crippen LogP contribution in [-0.4, -0.2) is 15.0 Å². The molecule has 5 rings (SSSR count). The second-order valence-electron chi connectivity index (χ2n) is 11.5. The number of pyridine rings is 1. The van der Waals surface area contributed by atoms with E-state index in [-0.39, 0.29) is 10.8 Å². The zero-order chi connectivity index (χ0) is 25.5. The first-order valence-corrected chi connectivity index (χ1v) is 12.5. The first-order chi connectivity index (χ1) is 17.1. The first-order valence-electron chi connectivity index (χ1n) is 12.5. The summed E-state index contributed by atoms with van der Waals surface area (Å²) in [4.78, 5) is 14.7. The van der Waals surface area contributed by atoms with Crippen molar-refractivity contribution in [1.29, 1.82) is 0 Å². The standard InChI is InChI=1S/C33H33N3/c1-32(2,3)26-19-28-29(20-27(26)33(4,5)6)36-31(30(35-28)23-11-8-7-9-12-23)24-16-14-22(15-17-24)25-13-10-18-34-21-25/h7-21H,1-6H3. The van der Waals surface area contributed by atoms with Crippen LogP contribution >= 0.6 is 0 Å². The molecule has 0 aliphatic carbocycles. The molecule has 0 saturated carbocycles. The number of hydrogen-bond acceptors (Lipinski definition) is 3. The second-order valence-corrected chi connectivity index (χ2v) is 11.5. The summed E-state index contributed by atoms with van der Waals surface area (Å²) in [7, 11) is 0. The highest BCUT2D eigenvalue weighted by Gasteiger charge is 2.27. The van der Waals surface area contributed by atoms with E-state index in [0.717, 1.165) is 44.7 Å². The fourth-order valence-corrected chi connectivity index (χ4v) is 4.70. The van der Waals surface area contributed by atoms with Crippen LogP contribution in [0.25, 0.3) is 44.7 Å². The fourth-order valence-electron chi connectivity index (χ4n) is 4.70. The SMILES string of the molecule is CC(C)(C)c1cc2nc(-c3ccccc3)c(-c3ccc(-c4cccnc4)cc3)nc2cc1C(C)(C)C. The molecule has 3 heteroatoms. The van der Waals surface area contributed by atoms with Crippen molar-refractivity contribution in [2.24, 2.45) is 0 Å². The van der Waals surface area contributed by atoms with Gasteiger partial charge in [-0.15, -0.1) is 0 Å². The van der Waals surface area contributed by atoms with Gasteiger partial charge in [0.1, 0.15) is 0 Å². The van der Waals surface area contributed by atoms with Crippen molar-refractivity contribution < 1.29 is 0 Å². The summed E-state index contributed by atoms with van der Waals surface area (Å²) in [6.45, 7) is 13.6. The van der Waals surface area contributed by atoms with Crippen LogP contribution in [0.4, 0.5) is 0 Å². The maximum atomic E-state index is 5.25. The molecular formula is C33H33N3. The molecular weight excluding hydrogens is 438 g/mol. The van der Waals surface area contributed by atoms with Crippen molar-refractivity contribution in [2.45, 2.75) is 52.4 Å². The molecule has 0 amide bonds. The van der Waals surface area contributed by atoms with Crippen LogP contribution in [0.1, 0.15) is 52.7 Å². The average molecular weight is 472 g/mol. The lowest BCUT2D eigenvalue weighted by molar-refractivity contribution is 0.531. The third-order valence-corrected chi connectivity index (χ3v) is 6.62. The highest BCUT2D eigenvalue weighted by molar-refractivity contribution is 5.87. The van der Waals surface area contributed by atoms with Crippen LogP contribution in [0.5, 0.6) is 0 Å². The summed E-state index contributed by atoms with van der Waals surface area (Å²) < 4.78 is 0. The molecule has 0 aliphatic rings. The van der Waals surface area contributed by atoms with Gasteiger partial charge in [-0.1, -0.05) is 102 Å². The normalized spacial score (nSPS) is 12.2. The average Bonchev–Trinajstić information content (AvgIpc) is 2.87. The molecule has 180 valence electrons. The highest BCUT2D eigenvalue weighted by Crippen LogP contribution is 2.38. The van der Waals surface area contributed by atoms with E-state index < -0.39 is 0 Å². The summed E-state index contributed by atoms with van der Waals surface area (Å²) >= 11 is 0. The van der Waals surface area contributed by atoms with Gasteiger partial charge in [0, 0.05) is 23.5 Å². The smallest absolute Gasteiger partial charge is 0.0973 e. The van der Waals surface area contributed by atoms with Crippen molar-refractivity contribution in [3.63, 3.8) is 0 Å². The van der Waals surface area contributed by atoms with Crippen molar-refractivity contribution in [2.75, 3.05) is 0 Å². The van der Waals surface area contributed by atoms with Crippen molar-refractivity contribution in [1.82, 2.24) is 15.0 Å². The van der Waals surface area contributed by atoms with Gasteiger partial charge in [-0.2, -0.15) is 0 Å². The summed E-state index contributed by atoms with van der Waals surface area (Å²) in [6, 6.07) is 27.5. The second kappa shape index (κ2) is 8.98. The molecule has 0 N–H and O–H groups in total. The molecule has 3 nitrogen and oxygen atoms in total. The molecule has 0 aliphatic heterocycles. The Morgan fingerprint density at radius 2 is 0.972 bits per heavy atom. The molecule has 0 fully saturated rings. The molecule has 0 radical (unpaired) electrons. The first kappa shape index (κ1) is 23.9. The maximum absolute atomic E-state index is 5.25. The molecule has 2 aromatic heterocycles. The van der Waals surface area contributed by atoms with E-state index in [1.54, 1.807) is 6.20 Å².